The van der Waals surface area contributed by atoms with E-state index in [4.69, 9.17) is 4.42 Å². The molecule has 2 heterocycles. The van der Waals surface area contributed by atoms with Gasteiger partial charge in [0.2, 0.25) is 5.89 Å². The summed E-state index contributed by atoms with van der Waals surface area (Å²) in [6, 6.07) is 5.67. The van der Waals surface area contributed by atoms with Crippen LogP contribution in [-0.2, 0) is 0 Å². The second-order valence-electron chi connectivity index (χ2n) is 2.81. The topological polar surface area (TPSA) is 38.9 Å². The molecule has 0 atom stereocenters. The van der Waals surface area contributed by atoms with Gasteiger partial charge in [0.05, 0.1) is 5.69 Å². The van der Waals surface area contributed by atoms with Crippen LogP contribution in [0.5, 0.6) is 0 Å². The summed E-state index contributed by atoms with van der Waals surface area (Å²) in [7, 11) is 0. The SMILES string of the molecule is CSc1oc(-c2ccccn2)nc1C. The van der Waals surface area contributed by atoms with E-state index in [0.29, 0.717) is 5.89 Å². The minimum atomic E-state index is 0.590. The molecular weight excluding hydrogens is 196 g/mol. The summed E-state index contributed by atoms with van der Waals surface area (Å²) < 4.78 is 5.54. The zero-order chi connectivity index (χ0) is 9.97. The van der Waals surface area contributed by atoms with E-state index in [-0.39, 0.29) is 0 Å². The van der Waals surface area contributed by atoms with Crippen LogP contribution in [0, 0.1) is 6.92 Å². The maximum atomic E-state index is 5.54. The van der Waals surface area contributed by atoms with Gasteiger partial charge in [0.15, 0.2) is 5.09 Å². The predicted molar refractivity (Wildman–Crippen MR) is 56.3 cm³/mol. The van der Waals surface area contributed by atoms with Gasteiger partial charge < -0.3 is 4.42 Å². The van der Waals surface area contributed by atoms with Crippen molar-refractivity contribution in [2.45, 2.75) is 12.0 Å². The van der Waals surface area contributed by atoms with Gasteiger partial charge in [0.1, 0.15) is 5.69 Å². The molecule has 0 aromatic carbocycles. The maximum absolute atomic E-state index is 5.54. The molecule has 0 fully saturated rings. The molecular formula is C10H10N2OS. The van der Waals surface area contributed by atoms with E-state index in [1.165, 1.54) is 0 Å². The Morgan fingerprint density at radius 2 is 2.21 bits per heavy atom. The number of aryl methyl sites for hydroxylation is 1. The molecule has 2 rings (SSSR count). The minimum absolute atomic E-state index is 0.590. The molecule has 0 aliphatic heterocycles. The Kier molecular flexibility index (Phi) is 2.54. The lowest BCUT2D eigenvalue weighted by atomic mass is 10.3. The van der Waals surface area contributed by atoms with Crippen LogP contribution in [0.2, 0.25) is 0 Å². The van der Waals surface area contributed by atoms with Crippen LogP contribution in [0.3, 0.4) is 0 Å². The molecule has 14 heavy (non-hydrogen) atoms. The van der Waals surface area contributed by atoms with Crippen molar-refractivity contribution >= 4 is 11.8 Å². The zero-order valence-electron chi connectivity index (χ0n) is 8.02. The average Bonchev–Trinajstić information content (AvgIpc) is 2.61. The van der Waals surface area contributed by atoms with E-state index in [2.05, 4.69) is 9.97 Å². The van der Waals surface area contributed by atoms with E-state index in [0.717, 1.165) is 16.5 Å². The lowest BCUT2D eigenvalue weighted by Gasteiger charge is -1.91. The van der Waals surface area contributed by atoms with Crippen LogP contribution >= 0.6 is 11.8 Å². The lowest BCUT2D eigenvalue weighted by molar-refractivity contribution is 0.480. The van der Waals surface area contributed by atoms with Gasteiger partial charge >= 0.3 is 0 Å². The van der Waals surface area contributed by atoms with Crippen LogP contribution in [-0.4, -0.2) is 16.2 Å². The number of hydrogen-bond donors (Lipinski definition) is 0. The summed E-state index contributed by atoms with van der Waals surface area (Å²) in [5.41, 5.74) is 1.69. The van der Waals surface area contributed by atoms with E-state index >= 15 is 0 Å². The molecule has 0 amide bonds. The molecule has 0 saturated heterocycles. The van der Waals surface area contributed by atoms with E-state index in [1.54, 1.807) is 18.0 Å². The first-order chi connectivity index (χ1) is 6.81. The summed E-state index contributed by atoms with van der Waals surface area (Å²) in [5, 5.41) is 0.852. The quantitative estimate of drug-likeness (QED) is 0.708. The van der Waals surface area contributed by atoms with Crippen molar-refractivity contribution < 1.29 is 4.42 Å². The van der Waals surface area contributed by atoms with Crippen LogP contribution in [0.25, 0.3) is 11.6 Å². The van der Waals surface area contributed by atoms with Gasteiger partial charge in [-0.3, -0.25) is 4.98 Å². The smallest absolute Gasteiger partial charge is 0.246 e. The molecule has 2 aromatic heterocycles. The second kappa shape index (κ2) is 3.84. The van der Waals surface area contributed by atoms with Crippen LogP contribution in [0.1, 0.15) is 5.69 Å². The third-order valence-corrected chi connectivity index (χ3v) is 2.57. The molecule has 0 aliphatic carbocycles. The first kappa shape index (κ1) is 9.27. The van der Waals surface area contributed by atoms with Gasteiger partial charge in [-0.2, -0.15) is 0 Å². The third-order valence-electron chi connectivity index (χ3n) is 1.82. The maximum Gasteiger partial charge on any atom is 0.246 e. The molecule has 0 bridgehead atoms. The Morgan fingerprint density at radius 3 is 2.79 bits per heavy atom. The number of oxazole rings is 1. The number of nitrogens with zero attached hydrogens (tertiary/aromatic N) is 2. The van der Waals surface area contributed by atoms with Crippen LogP contribution in [0.15, 0.2) is 33.9 Å². The normalized spacial score (nSPS) is 10.4. The standard InChI is InChI=1S/C10H10N2OS/c1-7-10(14-2)13-9(12-7)8-5-3-4-6-11-8/h3-6H,1-2H3. The highest BCUT2D eigenvalue weighted by Crippen LogP contribution is 2.25. The molecule has 0 unspecified atom stereocenters. The summed E-state index contributed by atoms with van der Waals surface area (Å²) in [6.07, 6.45) is 3.70. The van der Waals surface area contributed by atoms with Crippen molar-refractivity contribution in [1.82, 2.24) is 9.97 Å². The van der Waals surface area contributed by atoms with E-state index in [1.807, 2.05) is 31.4 Å². The number of pyridine rings is 1. The number of thioether (sulfide) groups is 1. The highest BCUT2D eigenvalue weighted by Gasteiger charge is 2.10. The monoisotopic (exact) mass is 206 g/mol. The van der Waals surface area contributed by atoms with Gasteiger partial charge in [0, 0.05) is 6.20 Å². The second-order valence-corrected chi connectivity index (χ2v) is 3.59. The van der Waals surface area contributed by atoms with E-state index in [9.17, 15) is 0 Å². The van der Waals surface area contributed by atoms with Crippen LogP contribution < -0.4 is 0 Å². The van der Waals surface area contributed by atoms with Crippen molar-refractivity contribution in [3.05, 3.63) is 30.1 Å². The Bertz CT molecular complexity index is 425. The largest absolute Gasteiger partial charge is 0.428 e. The fourth-order valence-electron chi connectivity index (χ4n) is 1.17. The van der Waals surface area contributed by atoms with Gasteiger partial charge in [-0.25, -0.2) is 4.98 Å². The molecule has 72 valence electrons. The van der Waals surface area contributed by atoms with Crippen molar-refractivity contribution in [3.8, 4) is 11.6 Å². The first-order valence-electron chi connectivity index (χ1n) is 4.24. The number of rotatable bonds is 2. The van der Waals surface area contributed by atoms with E-state index < -0.39 is 0 Å². The Hall–Kier alpha value is -1.29. The molecule has 0 N–H and O–H groups in total. The van der Waals surface area contributed by atoms with Crippen LogP contribution in [0.4, 0.5) is 0 Å². The Balaban J connectivity index is 2.43. The molecule has 0 saturated carbocycles. The van der Waals surface area contributed by atoms with Crippen molar-refractivity contribution in [1.29, 1.82) is 0 Å². The molecule has 4 heteroatoms. The van der Waals surface area contributed by atoms with Crippen molar-refractivity contribution in [3.63, 3.8) is 0 Å². The number of aromatic nitrogens is 2. The lowest BCUT2D eigenvalue weighted by Crippen LogP contribution is -1.81. The highest BCUT2D eigenvalue weighted by molar-refractivity contribution is 7.98. The Labute approximate surface area is 86.6 Å². The summed E-state index contributed by atoms with van der Waals surface area (Å²) in [4.78, 5) is 8.47. The summed E-state index contributed by atoms with van der Waals surface area (Å²) >= 11 is 1.55. The van der Waals surface area contributed by atoms with Gasteiger partial charge in [-0.05, 0) is 25.3 Å². The molecule has 2 aromatic rings. The van der Waals surface area contributed by atoms with Crippen molar-refractivity contribution in [2.24, 2.45) is 0 Å². The fraction of sp³-hybridized carbons (Fsp3) is 0.200. The molecule has 3 nitrogen and oxygen atoms in total. The van der Waals surface area contributed by atoms with Gasteiger partial charge in [0.25, 0.3) is 0 Å². The average molecular weight is 206 g/mol. The van der Waals surface area contributed by atoms with Crippen molar-refractivity contribution in [2.75, 3.05) is 6.26 Å². The summed E-state index contributed by atoms with van der Waals surface area (Å²) in [6.45, 7) is 1.93. The number of hydrogen-bond acceptors (Lipinski definition) is 4. The third kappa shape index (κ3) is 1.65. The molecule has 0 spiro atoms. The van der Waals surface area contributed by atoms with Gasteiger partial charge in [-0.15, -0.1) is 0 Å². The minimum Gasteiger partial charge on any atom is -0.428 e. The Morgan fingerprint density at radius 1 is 1.36 bits per heavy atom. The summed E-state index contributed by atoms with van der Waals surface area (Å²) in [5.74, 6) is 0.590. The zero-order valence-corrected chi connectivity index (χ0v) is 8.84. The highest BCUT2D eigenvalue weighted by atomic mass is 32.2. The predicted octanol–water partition coefficient (Wildman–Crippen LogP) is 2.77. The van der Waals surface area contributed by atoms with Gasteiger partial charge in [-0.1, -0.05) is 17.8 Å². The first-order valence-corrected chi connectivity index (χ1v) is 5.46. The molecule has 0 radical (unpaired) electrons. The fourth-order valence-corrected chi connectivity index (χ4v) is 1.67. The molecule has 0 aliphatic rings.